The van der Waals surface area contributed by atoms with E-state index in [1.807, 2.05) is 6.92 Å². The number of imide groups is 1. The highest BCUT2D eigenvalue weighted by Gasteiger charge is 2.37. The van der Waals surface area contributed by atoms with E-state index < -0.39 is 11.1 Å². The number of amides is 3. The first-order valence-electron chi connectivity index (χ1n) is 8.55. The average molecular weight is 429 g/mol. The van der Waals surface area contributed by atoms with E-state index in [1.54, 1.807) is 23.1 Å². The molecule has 0 spiro atoms. The van der Waals surface area contributed by atoms with Gasteiger partial charge in [-0.3, -0.25) is 19.3 Å². The van der Waals surface area contributed by atoms with Crippen LogP contribution in [0.4, 0.5) is 4.79 Å². The maximum atomic E-state index is 12.6. The van der Waals surface area contributed by atoms with Gasteiger partial charge in [0.25, 0.3) is 11.1 Å². The minimum atomic E-state index is -0.487. The average Bonchev–Trinajstić information content (AvgIpc) is 3.23. The monoisotopic (exact) mass is 428 g/mol. The Bertz CT molecular complexity index is 799. The molecule has 2 fully saturated rings. The number of thioether (sulfide) groups is 1. The Morgan fingerprint density at radius 1 is 1.22 bits per heavy atom. The van der Waals surface area contributed by atoms with Crippen LogP contribution in [0, 0.1) is 0 Å². The van der Waals surface area contributed by atoms with Gasteiger partial charge >= 0.3 is 0 Å². The van der Waals surface area contributed by atoms with Crippen LogP contribution in [0.1, 0.15) is 25.3 Å². The van der Waals surface area contributed by atoms with E-state index in [4.69, 9.17) is 27.9 Å². The zero-order valence-electron chi connectivity index (χ0n) is 14.7. The van der Waals surface area contributed by atoms with Crippen LogP contribution in [-0.2, 0) is 9.59 Å². The van der Waals surface area contributed by atoms with Gasteiger partial charge in [-0.25, -0.2) is 0 Å². The number of hydrogen-bond acceptors (Lipinski definition) is 5. The highest BCUT2D eigenvalue weighted by atomic mass is 35.5. The number of halogens is 2. The molecule has 0 aromatic heterocycles. The van der Waals surface area contributed by atoms with E-state index in [0.29, 0.717) is 41.1 Å². The summed E-state index contributed by atoms with van der Waals surface area (Å²) in [4.78, 5) is 39.9. The standard InChI is InChI=1S/C18H18Cl2N2O4S/c1-2-26-16-12(19)7-11(8-13(16)20)9-14-17(24)22(18(25)27-14)10-15(23)21-5-3-4-6-21/h7-9H,2-6,10H2,1H3/b14-9+. The lowest BCUT2D eigenvalue weighted by atomic mass is 10.2. The molecule has 1 aromatic carbocycles. The van der Waals surface area contributed by atoms with Gasteiger partial charge in [0, 0.05) is 13.1 Å². The second kappa shape index (κ2) is 8.54. The first kappa shape index (κ1) is 20.0. The molecule has 0 saturated carbocycles. The van der Waals surface area contributed by atoms with Crippen LogP contribution in [0.3, 0.4) is 0 Å². The Morgan fingerprint density at radius 2 is 1.85 bits per heavy atom. The minimum Gasteiger partial charge on any atom is -0.491 e. The lowest BCUT2D eigenvalue weighted by Crippen LogP contribution is -2.40. The predicted octanol–water partition coefficient (Wildman–Crippen LogP) is 4.05. The van der Waals surface area contributed by atoms with E-state index in [-0.39, 0.29) is 17.4 Å². The summed E-state index contributed by atoms with van der Waals surface area (Å²) in [5.74, 6) is -0.316. The quantitative estimate of drug-likeness (QED) is 0.661. The van der Waals surface area contributed by atoms with Crippen molar-refractivity contribution in [1.82, 2.24) is 9.80 Å². The number of benzene rings is 1. The van der Waals surface area contributed by atoms with Gasteiger partial charge in [-0.1, -0.05) is 23.2 Å². The van der Waals surface area contributed by atoms with Crippen molar-refractivity contribution in [2.45, 2.75) is 19.8 Å². The summed E-state index contributed by atoms with van der Waals surface area (Å²) >= 11 is 13.2. The summed E-state index contributed by atoms with van der Waals surface area (Å²) in [6.45, 7) is 3.36. The van der Waals surface area contributed by atoms with Crippen LogP contribution in [0.2, 0.25) is 10.0 Å². The SMILES string of the molecule is CCOc1c(Cl)cc(/C=C2/SC(=O)N(CC(=O)N3CCCC3)C2=O)cc1Cl. The third-order valence-electron chi connectivity index (χ3n) is 4.23. The molecule has 2 heterocycles. The van der Waals surface area contributed by atoms with E-state index in [1.165, 1.54) is 0 Å². The number of rotatable bonds is 5. The van der Waals surface area contributed by atoms with E-state index in [9.17, 15) is 14.4 Å². The van der Waals surface area contributed by atoms with Crippen molar-refractivity contribution < 1.29 is 19.1 Å². The van der Waals surface area contributed by atoms with Crippen molar-refractivity contribution in [3.05, 3.63) is 32.6 Å². The van der Waals surface area contributed by atoms with Crippen LogP contribution < -0.4 is 4.74 Å². The van der Waals surface area contributed by atoms with Gasteiger partial charge in [-0.05, 0) is 55.3 Å². The lowest BCUT2D eigenvalue weighted by Gasteiger charge is -2.18. The summed E-state index contributed by atoms with van der Waals surface area (Å²) in [5.41, 5.74) is 0.574. The summed E-state index contributed by atoms with van der Waals surface area (Å²) in [5, 5.41) is 0.181. The molecule has 3 amide bonds. The molecule has 0 aliphatic carbocycles. The molecule has 0 unspecified atom stereocenters. The third kappa shape index (κ3) is 4.42. The first-order chi connectivity index (χ1) is 12.9. The number of carbonyl (C=O) groups is 3. The van der Waals surface area contributed by atoms with Gasteiger partial charge in [-0.15, -0.1) is 0 Å². The molecule has 0 N–H and O–H groups in total. The largest absolute Gasteiger partial charge is 0.491 e. The molecular formula is C18H18Cl2N2O4S. The predicted molar refractivity (Wildman–Crippen MR) is 106 cm³/mol. The smallest absolute Gasteiger partial charge is 0.294 e. The molecule has 0 bridgehead atoms. The Morgan fingerprint density at radius 3 is 2.44 bits per heavy atom. The summed E-state index contributed by atoms with van der Waals surface area (Å²) < 4.78 is 5.38. The second-order valence-corrected chi connectivity index (χ2v) is 7.91. The van der Waals surface area contributed by atoms with Gasteiger partial charge in [0.1, 0.15) is 6.54 Å². The maximum Gasteiger partial charge on any atom is 0.294 e. The van der Waals surface area contributed by atoms with Crippen molar-refractivity contribution in [2.24, 2.45) is 0 Å². The summed E-state index contributed by atoms with van der Waals surface area (Å²) in [6.07, 6.45) is 3.44. The molecule has 0 radical (unpaired) electrons. The third-order valence-corrected chi connectivity index (χ3v) is 5.70. The van der Waals surface area contributed by atoms with Crippen LogP contribution in [0.5, 0.6) is 5.75 Å². The fraction of sp³-hybridized carbons (Fsp3) is 0.389. The number of nitrogens with zero attached hydrogens (tertiary/aromatic N) is 2. The highest BCUT2D eigenvalue weighted by molar-refractivity contribution is 8.18. The molecular weight excluding hydrogens is 411 g/mol. The van der Waals surface area contributed by atoms with E-state index in [0.717, 1.165) is 29.5 Å². The van der Waals surface area contributed by atoms with Crippen molar-refractivity contribution in [2.75, 3.05) is 26.2 Å². The Kier molecular flexibility index (Phi) is 6.34. The Labute approximate surface area is 171 Å². The topological polar surface area (TPSA) is 66.9 Å². The molecule has 2 saturated heterocycles. The Hall–Kier alpha value is -1.70. The van der Waals surface area contributed by atoms with Crippen LogP contribution in [0.15, 0.2) is 17.0 Å². The zero-order chi connectivity index (χ0) is 19.6. The van der Waals surface area contributed by atoms with E-state index in [2.05, 4.69) is 0 Å². The summed E-state index contributed by atoms with van der Waals surface area (Å²) in [6, 6.07) is 3.23. The van der Waals surface area contributed by atoms with Gasteiger partial charge in [-0.2, -0.15) is 0 Å². The number of likely N-dealkylation sites (tertiary alicyclic amines) is 1. The first-order valence-corrected chi connectivity index (χ1v) is 10.1. The van der Waals surface area contributed by atoms with E-state index >= 15 is 0 Å². The number of hydrogen-bond donors (Lipinski definition) is 0. The summed E-state index contributed by atoms with van der Waals surface area (Å²) in [7, 11) is 0. The fourth-order valence-corrected chi connectivity index (χ4v) is 4.39. The van der Waals surface area contributed by atoms with Crippen molar-refractivity contribution >= 4 is 58.1 Å². The molecule has 2 aliphatic rings. The number of carbonyl (C=O) groups excluding carboxylic acids is 3. The Balaban J connectivity index is 1.77. The minimum absolute atomic E-state index is 0.205. The van der Waals surface area contributed by atoms with Crippen LogP contribution >= 0.6 is 35.0 Å². The maximum absolute atomic E-state index is 12.6. The lowest BCUT2D eigenvalue weighted by molar-refractivity contribution is -0.135. The van der Waals surface area contributed by atoms with Crippen molar-refractivity contribution in [3.8, 4) is 5.75 Å². The molecule has 0 atom stereocenters. The van der Waals surface area contributed by atoms with Crippen LogP contribution in [0.25, 0.3) is 6.08 Å². The van der Waals surface area contributed by atoms with Gasteiger partial charge in [0.15, 0.2) is 5.75 Å². The second-order valence-electron chi connectivity index (χ2n) is 6.10. The zero-order valence-corrected chi connectivity index (χ0v) is 17.0. The normalized spacial score (nSPS) is 18.7. The molecule has 6 nitrogen and oxygen atoms in total. The molecule has 144 valence electrons. The van der Waals surface area contributed by atoms with Gasteiger partial charge in [0.2, 0.25) is 5.91 Å². The molecule has 1 aromatic rings. The molecule has 3 rings (SSSR count). The molecule has 27 heavy (non-hydrogen) atoms. The van der Waals surface area contributed by atoms with Gasteiger partial charge in [0.05, 0.1) is 21.6 Å². The molecule has 2 aliphatic heterocycles. The van der Waals surface area contributed by atoms with Gasteiger partial charge < -0.3 is 9.64 Å². The fourth-order valence-electron chi connectivity index (χ4n) is 2.93. The number of ether oxygens (including phenoxy) is 1. The van der Waals surface area contributed by atoms with Crippen molar-refractivity contribution in [3.63, 3.8) is 0 Å². The molecule has 9 heteroatoms. The van der Waals surface area contributed by atoms with Crippen LogP contribution in [-0.4, -0.2) is 53.1 Å². The highest BCUT2D eigenvalue weighted by Crippen LogP contribution is 2.37. The van der Waals surface area contributed by atoms with Crippen molar-refractivity contribution in [1.29, 1.82) is 0 Å².